The van der Waals surface area contributed by atoms with Gasteiger partial charge in [-0.05, 0) is 53.1 Å². The van der Waals surface area contributed by atoms with Gasteiger partial charge in [0.1, 0.15) is 0 Å². The van der Waals surface area contributed by atoms with Gasteiger partial charge in [0.05, 0.1) is 4.70 Å². The molecule has 0 unspecified atom stereocenters. The summed E-state index contributed by atoms with van der Waals surface area (Å²) in [5, 5.41) is 2.55. The average molecular weight is 622 g/mol. The van der Waals surface area contributed by atoms with E-state index in [9.17, 15) is 0 Å². The molecule has 0 bridgehead atoms. The van der Waals surface area contributed by atoms with Gasteiger partial charge in [0.25, 0.3) is 0 Å². The molecule has 5 heteroatoms. The van der Waals surface area contributed by atoms with Crippen molar-refractivity contribution in [2.75, 3.05) is 0 Å². The minimum absolute atomic E-state index is 0. The normalized spacial score (nSPS) is 10.3. The van der Waals surface area contributed by atoms with E-state index in [4.69, 9.17) is 0 Å². The van der Waals surface area contributed by atoms with Crippen LogP contribution in [0.25, 0.3) is 42.7 Å². The zero-order chi connectivity index (χ0) is 21.8. The summed E-state index contributed by atoms with van der Waals surface area (Å²) in [5.74, 6) is 0. The van der Waals surface area contributed by atoms with Gasteiger partial charge in [0, 0.05) is 37.2 Å². The number of fused-ring (bicyclic) bond motifs is 3. The van der Waals surface area contributed by atoms with E-state index in [1.54, 1.807) is 23.7 Å². The van der Waals surface area contributed by atoms with Crippen LogP contribution in [-0.4, -0.2) is 15.0 Å². The summed E-state index contributed by atoms with van der Waals surface area (Å²) in [7, 11) is 0. The molecule has 0 atom stereocenters. The predicted molar refractivity (Wildman–Crippen MR) is 132 cm³/mol. The second-order valence-electron chi connectivity index (χ2n) is 7.31. The maximum absolute atomic E-state index is 4.52. The summed E-state index contributed by atoms with van der Waals surface area (Å²) in [6, 6.07) is 30.7. The molecule has 1 radical (unpaired) electrons. The summed E-state index contributed by atoms with van der Waals surface area (Å²) < 4.78 is 2.52. The Labute approximate surface area is 210 Å². The van der Waals surface area contributed by atoms with Crippen molar-refractivity contribution < 1.29 is 20.1 Å². The van der Waals surface area contributed by atoms with E-state index in [0.29, 0.717) is 0 Å². The molecule has 0 saturated carbocycles. The van der Waals surface area contributed by atoms with Crippen molar-refractivity contribution in [3.63, 3.8) is 0 Å². The number of rotatable bonds is 2. The quantitative estimate of drug-likeness (QED) is 0.193. The van der Waals surface area contributed by atoms with Crippen LogP contribution in [0.1, 0.15) is 5.56 Å². The van der Waals surface area contributed by atoms with Gasteiger partial charge in [-0.25, -0.2) is 0 Å². The first-order chi connectivity index (χ1) is 15.8. The van der Waals surface area contributed by atoms with Gasteiger partial charge < -0.3 is 9.97 Å². The molecule has 4 heterocycles. The molecule has 163 valence electrons. The fraction of sp³-hybridized carbons (Fsp3) is 0.0357. The third-order valence-electron chi connectivity index (χ3n) is 5.06. The van der Waals surface area contributed by atoms with Crippen LogP contribution >= 0.6 is 11.3 Å². The van der Waals surface area contributed by atoms with E-state index in [2.05, 4.69) is 63.5 Å². The van der Waals surface area contributed by atoms with Gasteiger partial charge >= 0.3 is 0 Å². The van der Waals surface area contributed by atoms with E-state index in [1.165, 1.54) is 25.7 Å². The van der Waals surface area contributed by atoms with Crippen LogP contribution in [0.3, 0.4) is 0 Å². The molecule has 0 aliphatic heterocycles. The molecule has 0 amide bonds. The largest absolute Gasteiger partial charge is 0.319 e. The summed E-state index contributed by atoms with van der Waals surface area (Å²) in [4.78, 5) is 12.8. The van der Waals surface area contributed by atoms with Crippen LogP contribution in [0.5, 0.6) is 0 Å². The van der Waals surface area contributed by atoms with E-state index in [0.717, 1.165) is 22.5 Å². The van der Waals surface area contributed by atoms with Crippen LogP contribution in [0.2, 0.25) is 0 Å². The maximum atomic E-state index is 4.52. The number of aromatic nitrogens is 3. The third-order valence-corrected chi connectivity index (χ3v) is 6.18. The van der Waals surface area contributed by atoms with Crippen molar-refractivity contribution in [2.45, 2.75) is 6.92 Å². The Morgan fingerprint density at radius 2 is 1.55 bits per heavy atom. The fourth-order valence-electron chi connectivity index (χ4n) is 3.43. The first-order valence-electron chi connectivity index (χ1n) is 10.3. The average Bonchev–Trinajstić information content (AvgIpc) is 3.24. The Balaban J connectivity index is 0.000000164. The molecule has 0 aliphatic rings. The van der Waals surface area contributed by atoms with Gasteiger partial charge in [0.2, 0.25) is 0 Å². The molecule has 33 heavy (non-hydrogen) atoms. The van der Waals surface area contributed by atoms with Crippen molar-refractivity contribution in [3.8, 4) is 22.5 Å². The van der Waals surface area contributed by atoms with E-state index >= 15 is 0 Å². The first kappa shape index (κ1) is 22.9. The monoisotopic (exact) mass is 622 g/mol. The van der Waals surface area contributed by atoms with Gasteiger partial charge in [-0.1, -0.05) is 36.4 Å². The molecule has 0 N–H and O–H groups in total. The van der Waals surface area contributed by atoms with E-state index < -0.39 is 0 Å². The molecule has 0 fully saturated rings. The SMILES string of the molecule is Cc1ccc(-c2[c-]cccc2)nc1.[Ir].[c-]1cnccc1-c1cc2c(cn1)sc1ccccc12. The standard InChI is InChI=1S/C16H9N2S.C12H10N.Ir/c1-2-4-15-12(3-1)13-9-14(18-10-16(13)19-15)11-5-7-17-8-6-11;1-10-7-8-12(13-9-10)11-5-3-2-4-6-11;/h1-5,7-10H;2-5,7-9H,1H3;/q2*-1;. The predicted octanol–water partition coefficient (Wildman–Crippen LogP) is 7.17. The van der Waals surface area contributed by atoms with Gasteiger partial charge in [-0.15, -0.1) is 53.3 Å². The topological polar surface area (TPSA) is 38.7 Å². The van der Waals surface area contributed by atoms with Crippen molar-refractivity contribution >= 4 is 31.5 Å². The molecule has 0 aliphatic carbocycles. The maximum Gasteiger partial charge on any atom is 0.0515 e. The zero-order valence-corrected chi connectivity index (χ0v) is 21.0. The van der Waals surface area contributed by atoms with Crippen LogP contribution in [-0.2, 0) is 20.1 Å². The molecule has 6 aromatic rings. The number of hydrogen-bond acceptors (Lipinski definition) is 4. The molecule has 3 nitrogen and oxygen atoms in total. The van der Waals surface area contributed by atoms with Crippen molar-refractivity contribution in [1.82, 2.24) is 15.0 Å². The summed E-state index contributed by atoms with van der Waals surface area (Å²) in [6.45, 7) is 2.03. The van der Waals surface area contributed by atoms with Crippen molar-refractivity contribution in [1.29, 1.82) is 0 Å². The first-order valence-corrected chi connectivity index (χ1v) is 11.1. The molecule has 0 spiro atoms. The minimum Gasteiger partial charge on any atom is -0.319 e. The number of benzene rings is 2. The van der Waals surface area contributed by atoms with E-state index in [1.807, 2.05) is 55.7 Å². The molecule has 2 aromatic carbocycles. The number of nitrogens with zero attached hydrogens (tertiary/aromatic N) is 3. The Morgan fingerprint density at radius 3 is 2.30 bits per heavy atom. The Bertz CT molecular complexity index is 1460. The molecule has 0 saturated heterocycles. The van der Waals surface area contributed by atoms with Crippen molar-refractivity contribution in [2.24, 2.45) is 0 Å². The molecular formula is C28H19IrN3S-2. The number of aryl methyl sites for hydroxylation is 1. The van der Waals surface area contributed by atoms with Crippen LogP contribution in [0.15, 0.2) is 97.6 Å². The van der Waals surface area contributed by atoms with Crippen LogP contribution in [0.4, 0.5) is 0 Å². The molecular weight excluding hydrogens is 603 g/mol. The molecule has 6 rings (SSSR count). The summed E-state index contributed by atoms with van der Waals surface area (Å²) >= 11 is 1.78. The van der Waals surface area contributed by atoms with E-state index in [-0.39, 0.29) is 20.1 Å². The second-order valence-corrected chi connectivity index (χ2v) is 8.40. The third kappa shape index (κ3) is 5.23. The summed E-state index contributed by atoms with van der Waals surface area (Å²) in [6.07, 6.45) is 7.26. The molecule has 4 aromatic heterocycles. The number of hydrogen-bond donors (Lipinski definition) is 0. The number of thiophene rings is 1. The Hall–Kier alpha value is -3.24. The zero-order valence-electron chi connectivity index (χ0n) is 17.8. The smallest absolute Gasteiger partial charge is 0.0515 e. The van der Waals surface area contributed by atoms with Gasteiger partial charge in [-0.2, -0.15) is 11.6 Å². The Kier molecular flexibility index (Phi) is 7.36. The van der Waals surface area contributed by atoms with Crippen LogP contribution in [0, 0.1) is 19.1 Å². The fourth-order valence-corrected chi connectivity index (χ4v) is 4.49. The van der Waals surface area contributed by atoms with Crippen LogP contribution < -0.4 is 0 Å². The Morgan fingerprint density at radius 1 is 0.727 bits per heavy atom. The minimum atomic E-state index is 0. The van der Waals surface area contributed by atoms with Gasteiger partial charge in [0.15, 0.2) is 0 Å². The number of pyridine rings is 3. The second kappa shape index (κ2) is 10.6. The summed E-state index contributed by atoms with van der Waals surface area (Å²) in [5.41, 5.74) is 5.12. The van der Waals surface area contributed by atoms with Crippen molar-refractivity contribution in [3.05, 3.63) is 115 Å². The van der Waals surface area contributed by atoms with Gasteiger partial charge in [-0.3, -0.25) is 4.98 Å².